The summed E-state index contributed by atoms with van der Waals surface area (Å²) in [6, 6.07) is 17.4. The summed E-state index contributed by atoms with van der Waals surface area (Å²) in [5, 5.41) is 0.667. The molecule has 0 fully saturated rings. The van der Waals surface area contributed by atoms with Crippen molar-refractivity contribution in [3.05, 3.63) is 75.3 Å². The number of fused-ring (bicyclic) bond motifs is 1. The Kier molecular flexibility index (Phi) is 3.71. The molecule has 3 aromatic rings. The fourth-order valence-corrected chi connectivity index (χ4v) is 3.02. The van der Waals surface area contributed by atoms with Crippen molar-refractivity contribution >= 4 is 23.1 Å². The first-order valence-electron chi connectivity index (χ1n) is 7.01. The summed E-state index contributed by atoms with van der Waals surface area (Å²) in [6.07, 6.45) is 0.805. The highest BCUT2D eigenvalue weighted by Crippen LogP contribution is 2.21. The van der Waals surface area contributed by atoms with E-state index in [4.69, 9.17) is 12.2 Å². The molecule has 1 unspecified atom stereocenters. The maximum atomic E-state index is 12.8. The number of benzene rings is 2. The highest BCUT2D eigenvalue weighted by Gasteiger charge is 2.15. The van der Waals surface area contributed by atoms with E-state index in [9.17, 15) is 4.79 Å². The van der Waals surface area contributed by atoms with Crippen molar-refractivity contribution in [3.63, 3.8) is 0 Å². The van der Waals surface area contributed by atoms with Crippen LogP contribution in [-0.2, 0) is 0 Å². The Bertz CT molecular complexity index is 880. The van der Waals surface area contributed by atoms with Gasteiger partial charge in [-0.05, 0) is 36.3 Å². The summed E-state index contributed by atoms with van der Waals surface area (Å²) in [5.74, 6) is 0. The van der Waals surface area contributed by atoms with Gasteiger partial charge in [0.05, 0.1) is 16.9 Å². The van der Waals surface area contributed by atoms with E-state index in [2.05, 4.69) is 11.9 Å². The third kappa shape index (κ3) is 2.43. The second kappa shape index (κ2) is 5.66. The maximum Gasteiger partial charge on any atom is 0.262 e. The van der Waals surface area contributed by atoms with Gasteiger partial charge in [-0.25, -0.2) is 0 Å². The molecule has 2 aromatic carbocycles. The van der Waals surface area contributed by atoms with Crippen LogP contribution in [0.15, 0.2) is 59.4 Å². The monoisotopic (exact) mass is 296 g/mol. The molecule has 0 saturated heterocycles. The van der Waals surface area contributed by atoms with Crippen molar-refractivity contribution in [2.45, 2.75) is 19.4 Å². The van der Waals surface area contributed by atoms with Gasteiger partial charge in [0.15, 0.2) is 4.77 Å². The molecule has 0 aliphatic carbocycles. The van der Waals surface area contributed by atoms with E-state index in [1.807, 2.05) is 54.6 Å². The molecule has 0 saturated carbocycles. The Labute approximate surface area is 127 Å². The first kappa shape index (κ1) is 13.8. The number of hydrogen-bond acceptors (Lipinski definition) is 2. The van der Waals surface area contributed by atoms with E-state index in [0.717, 1.165) is 17.5 Å². The Hall–Kier alpha value is -2.20. The molecule has 3 rings (SSSR count). The van der Waals surface area contributed by atoms with Crippen LogP contribution in [0.1, 0.15) is 24.9 Å². The van der Waals surface area contributed by atoms with Crippen LogP contribution in [-0.4, -0.2) is 9.55 Å². The van der Waals surface area contributed by atoms with Gasteiger partial charge in [-0.2, -0.15) is 0 Å². The Morgan fingerprint density at radius 3 is 2.48 bits per heavy atom. The second-order valence-corrected chi connectivity index (χ2v) is 5.37. The third-order valence-corrected chi connectivity index (χ3v) is 4.02. The Morgan fingerprint density at radius 2 is 1.76 bits per heavy atom. The normalized spacial score (nSPS) is 12.4. The van der Waals surface area contributed by atoms with Crippen molar-refractivity contribution in [2.75, 3.05) is 0 Å². The standard InChI is InChI=1S/C17H16N2OS/c1-2-15(12-8-4-3-5-9-12)19-16(20)13-10-6-7-11-14(13)18-17(19)21/h3-11,15H,2H2,1H3,(H,18,21). The minimum atomic E-state index is -0.0490. The van der Waals surface area contributed by atoms with E-state index in [1.165, 1.54) is 0 Å². The van der Waals surface area contributed by atoms with E-state index in [0.29, 0.717) is 10.2 Å². The molecule has 0 spiro atoms. The number of nitrogens with one attached hydrogen (secondary N) is 1. The van der Waals surface area contributed by atoms with Crippen LogP contribution in [0.2, 0.25) is 0 Å². The highest BCUT2D eigenvalue weighted by atomic mass is 32.1. The van der Waals surface area contributed by atoms with Crippen molar-refractivity contribution in [3.8, 4) is 0 Å². The molecule has 1 N–H and O–H groups in total. The van der Waals surface area contributed by atoms with E-state index < -0.39 is 0 Å². The number of rotatable bonds is 3. The Balaban J connectivity index is 2.29. The molecule has 0 radical (unpaired) electrons. The van der Waals surface area contributed by atoms with Crippen molar-refractivity contribution in [1.82, 2.24) is 9.55 Å². The largest absolute Gasteiger partial charge is 0.332 e. The number of aromatic amines is 1. The molecule has 1 atom stereocenters. The van der Waals surface area contributed by atoms with Crippen LogP contribution < -0.4 is 5.56 Å². The van der Waals surface area contributed by atoms with Crippen molar-refractivity contribution < 1.29 is 0 Å². The summed E-state index contributed by atoms with van der Waals surface area (Å²) in [6.45, 7) is 2.06. The van der Waals surface area contributed by atoms with Crippen molar-refractivity contribution in [2.24, 2.45) is 0 Å². The van der Waals surface area contributed by atoms with Crippen molar-refractivity contribution in [1.29, 1.82) is 0 Å². The quantitative estimate of drug-likeness (QED) is 0.740. The lowest BCUT2D eigenvalue weighted by Gasteiger charge is -2.19. The average molecular weight is 296 g/mol. The summed E-state index contributed by atoms with van der Waals surface area (Å²) >= 11 is 5.42. The predicted molar refractivity (Wildman–Crippen MR) is 88.3 cm³/mol. The van der Waals surface area contributed by atoms with Gasteiger partial charge in [0.1, 0.15) is 0 Å². The summed E-state index contributed by atoms with van der Waals surface area (Å²) in [7, 11) is 0. The molecule has 0 amide bonds. The Morgan fingerprint density at radius 1 is 1.10 bits per heavy atom. The lowest BCUT2D eigenvalue weighted by Crippen LogP contribution is -2.27. The van der Waals surface area contributed by atoms with Gasteiger partial charge in [0.25, 0.3) is 5.56 Å². The second-order valence-electron chi connectivity index (χ2n) is 4.99. The smallest absolute Gasteiger partial charge is 0.262 e. The number of aromatic nitrogens is 2. The molecule has 0 bridgehead atoms. The number of hydrogen-bond donors (Lipinski definition) is 1. The molecule has 0 aliphatic heterocycles. The first-order chi connectivity index (χ1) is 10.2. The minimum absolute atomic E-state index is 0.0370. The topological polar surface area (TPSA) is 37.8 Å². The zero-order valence-electron chi connectivity index (χ0n) is 11.7. The van der Waals surface area contributed by atoms with Gasteiger partial charge in [-0.3, -0.25) is 9.36 Å². The van der Waals surface area contributed by atoms with E-state index in [-0.39, 0.29) is 11.6 Å². The van der Waals surface area contributed by atoms with Gasteiger partial charge in [0, 0.05) is 0 Å². The van der Waals surface area contributed by atoms with E-state index in [1.54, 1.807) is 4.57 Å². The molecular formula is C17H16N2OS. The predicted octanol–water partition coefficient (Wildman–Crippen LogP) is 4.06. The zero-order valence-corrected chi connectivity index (χ0v) is 12.6. The maximum absolute atomic E-state index is 12.8. The van der Waals surface area contributed by atoms with Crippen LogP contribution in [0.25, 0.3) is 10.9 Å². The van der Waals surface area contributed by atoms with Crippen LogP contribution in [0, 0.1) is 4.77 Å². The highest BCUT2D eigenvalue weighted by molar-refractivity contribution is 7.71. The summed E-state index contributed by atoms with van der Waals surface area (Å²) in [5.41, 5.74) is 1.84. The van der Waals surface area contributed by atoms with Gasteiger partial charge >= 0.3 is 0 Å². The number of H-pyrrole nitrogens is 1. The van der Waals surface area contributed by atoms with Crippen LogP contribution in [0.3, 0.4) is 0 Å². The molecule has 106 valence electrons. The molecule has 21 heavy (non-hydrogen) atoms. The van der Waals surface area contributed by atoms with E-state index >= 15 is 0 Å². The lowest BCUT2D eigenvalue weighted by molar-refractivity contribution is 0.537. The first-order valence-corrected chi connectivity index (χ1v) is 7.41. The molecule has 3 nitrogen and oxygen atoms in total. The van der Waals surface area contributed by atoms with Crippen LogP contribution in [0.5, 0.6) is 0 Å². The van der Waals surface area contributed by atoms with Crippen LogP contribution >= 0.6 is 12.2 Å². The molecular weight excluding hydrogens is 280 g/mol. The van der Waals surface area contributed by atoms with Gasteiger partial charge in [-0.15, -0.1) is 0 Å². The number of nitrogens with zero attached hydrogens (tertiary/aromatic N) is 1. The third-order valence-electron chi connectivity index (χ3n) is 3.72. The van der Waals surface area contributed by atoms with Gasteiger partial charge < -0.3 is 4.98 Å². The minimum Gasteiger partial charge on any atom is -0.332 e. The SMILES string of the molecule is CCC(c1ccccc1)n1c(=S)[nH]c2ccccc2c1=O. The fourth-order valence-electron chi connectivity index (χ4n) is 2.70. The summed E-state index contributed by atoms with van der Waals surface area (Å²) in [4.78, 5) is 16.0. The molecule has 1 aromatic heterocycles. The van der Waals surface area contributed by atoms with Gasteiger partial charge in [0.2, 0.25) is 0 Å². The molecule has 1 heterocycles. The van der Waals surface area contributed by atoms with Gasteiger partial charge in [-0.1, -0.05) is 49.4 Å². The van der Waals surface area contributed by atoms with Crippen LogP contribution in [0.4, 0.5) is 0 Å². The summed E-state index contributed by atoms with van der Waals surface area (Å²) < 4.78 is 2.15. The lowest BCUT2D eigenvalue weighted by atomic mass is 10.0. The average Bonchev–Trinajstić information content (AvgIpc) is 2.52. The zero-order chi connectivity index (χ0) is 14.8. The fraction of sp³-hybridized carbons (Fsp3) is 0.176. The molecule has 4 heteroatoms. The number of para-hydroxylation sites is 1. The molecule has 0 aliphatic rings.